The number of hydrogen-bond acceptors (Lipinski definition) is 2. The molecule has 1 aromatic carbocycles. The van der Waals surface area contributed by atoms with Crippen LogP contribution < -0.4 is 0 Å². The molecule has 0 radical (unpaired) electrons. The Labute approximate surface area is 110 Å². The van der Waals surface area contributed by atoms with Crippen LogP contribution in [0.25, 0.3) is 0 Å². The van der Waals surface area contributed by atoms with E-state index in [1.165, 1.54) is 18.3 Å². The van der Waals surface area contributed by atoms with Gasteiger partial charge in [0.2, 0.25) is 0 Å². The van der Waals surface area contributed by atoms with Gasteiger partial charge in [-0.3, -0.25) is 4.68 Å². The molecule has 1 atom stereocenters. The van der Waals surface area contributed by atoms with Gasteiger partial charge in [0.25, 0.3) is 0 Å². The van der Waals surface area contributed by atoms with Crippen molar-refractivity contribution < 1.29 is 9.50 Å². The summed E-state index contributed by atoms with van der Waals surface area (Å²) < 4.78 is 15.3. The molecule has 0 aliphatic heterocycles. The third-order valence-electron chi connectivity index (χ3n) is 2.73. The van der Waals surface area contributed by atoms with Crippen LogP contribution in [0.15, 0.2) is 30.5 Å². The Morgan fingerprint density at radius 1 is 1.33 bits per heavy atom. The first-order valence-corrected chi connectivity index (χ1v) is 6.05. The van der Waals surface area contributed by atoms with Crippen LogP contribution in [0, 0.1) is 5.82 Å². The minimum atomic E-state index is -1.12. The van der Waals surface area contributed by atoms with E-state index in [2.05, 4.69) is 5.10 Å². The number of aliphatic hydroxyl groups excluding tert-OH is 1. The standard InChI is InChI=1S/C13H14ClFN2O/c1-8(2)17-12(10(14)7-16-17)13(18)9-5-3-4-6-11(9)15/h3-8,13,18H,1-2H3. The first kappa shape index (κ1) is 13.1. The zero-order valence-electron chi connectivity index (χ0n) is 10.1. The third kappa shape index (κ3) is 2.26. The fraction of sp³-hybridized carbons (Fsp3) is 0.308. The highest BCUT2D eigenvalue weighted by Crippen LogP contribution is 2.31. The minimum Gasteiger partial charge on any atom is -0.382 e. The van der Waals surface area contributed by atoms with E-state index in [1.807, 2.05) is 13.8 Å². The highest BCUT2D eigenvalue weighted by molar-refractivity contribution is 6.31. The fourth-order valence-electron chi connectivity index (χ4n) is 1.86. The molecule has 1 aromatic heterocycles. The van der Waals surface area contributed by atoms with Crippen molar-refractivity contribution in [3.05, 3.63) is 52.6 Å². The molecule has 0 amide bonds. The maximum atomic E-state index is 13.7. The number of aromatic nitrogens is 2. The molecule has 0 aliphatic carbocycles. The molecule has 5 heteroatoms. The summed E-state index contributed by atoms with van der Waals surface area (Å²) >= 11 is 6.02. The average Bonchev–Trinajstić information content (AvgIpc) is 2.71. The molecule has 1 heterocycles. The summed E-state index contributed by atoms with van der Waals surface area (Å²) in [6, 6.07) is 6.13. The number of hydrogen-bond donors (Lipinski definition) is 1. The van der Waals surface area contributed by atoms with E-state index in [1.54, 1.807) is 16.8 Å². The molecule has 0 saturated heterocycles. The predicted octanol–water partition coefficient (Wildman–Crippen LogP) is 3.34. The fourth-order valence-corrected chi connectivity index (χ4v) is 2.10. The van der Waals surface area contributed by atoms with E-state index in [9.17, 15) is 9.50 Å². The van der Waals surface area contributed by atoms with Gasteiger partial charge < -0.3 is 5.11 Å². The lowest BCUT2D eigenvalue weighted by atomic mass is 10.1. The molecule has 96 valence electrons. The lowest BCUT2D eigenvalue weighted by molar-refractivity contribution is 0.200. The molecule has 2 rings (SSSR count). The van der Waals surface area contributed by atoms with Crippen LogP contribution in [0.3, 0.4) is 0 Å². The van der Waals surface area contributed by atoms with Gasteiger partial charge in [0.15, 0.2) is 0 Å². The maximum absolute atomic E-state index is 13.7. The number of nitrogens with zero attached hydrogens (tertiary/aromatic N) is 2. The lowest BCUT2D eigenvalue weighted by Gasteiger charge is -2.17. The van der Waals surface area contributed by atoms with Gasteiger partial charge in [0, 0.05) is 11.6 Å². The Hall–Kier alpha value is -1.39. The summed E-state index contributed by atoms with van der Waals surface area (Å²) in [4.78, 5) is 0. The molecule has 0 bridgehead atoms. The molecule has 1 N–H and O–H groups in total. The van der Waals surface area contributed by atoms with Crippen LogP contribution in [-0.2, 0) is 0 Å². The summed E-state index contributed by atoms with van der Waals surface area (Å²) in [7, 11) is 0. The molecule has 0 aliphatic rings. The molecule has 0 fully saturated rings. The Bertz CT molecular complexity index is 554. The molecule has 0 saturated carbocycles. The van der Waals surface area contributed by atoms with Crippen LogP contribution in [-0.4, -0.2) is 14.9 Å². The number of aliphatic hydroxyl groups is 1. The Morgan fingerprint density at radius 2 is 2.00 bits per heavy atom. The molecule has 18 heavy (non-hydrogen) atoms. The summed E-state index contributed by atoms with van der Waals surface area (Å²) in [6.45, 7) is 3.84. The molecule has 2 aromatic rings. The average molecular weight is 269 g/mol. The van der Waals surface area contributed by atoms with Gasteiger partial charge in [-0.2, -0.15) is 5.10 Å². The molecular formula is C13H14ClFN2O. The minimum absolute atomic E-state index is 0.0360. The number of halogens is 2. The Morgan fingerprint density at radius 3 is 2.61 bits per heavy atom. The van der Waals surface area contributed by atoms with E-state index in [-0.39, 0.29) is 11.6 Å². The topological polar surface area (TPSA) is 38.0 Å². The van der Waals surface area contributed by atoms with E-state index >= 15 is 0 Å². The van der Waals surface area contributed by atoms with Crippen molar-refractivity contribution in [3.63, 3.8) is 0 Å². The van der Waals surface area contributed by atoms with Gasteiger partial charge in [-0.1, -0.05) is 29.8 Å². The van der Waals surface area contributed by atoms with Crippen LogP contribution >= 0.6 is 11.6 Å². The quantitative estimate of drug-likeness (QED) is 0.927. The molecule has 1 unspecified atom stereocenters. The van der Waals surface area contributed by atoms with Crippen molar-refractivity contribution in [1.29, 1.82) is 0 Å². The van der Waals surface area contributed by atoms with Crippen LogP contribution in [0.5, 0.6) is 0 Å². The van der Waals surface area contributed by atoms with E-state index < -0.39 is 11.9 Å². The van der Waals surface area contributed by atoms with Crippen molar-refractivity contribution in [2.45, 2.75) is 26.0 Å². The number of rotatable bonds is 3. The van der Waals surface area contributed by atoms with Crippen molar-refractivity contribution in [2.24, 2.45) is 0 Å². The van der Waals surface area contributed by atoms with Gasteiger partial charge in [-0.25, -0.2) is 4.39 Å². The molecular weight excluding hydrogens is 255 g/mol. The normalized spacial score (nSPS) is 13.0. The molecule has 0 spiro atoms. The van der Waals surface area contributed by atoms with Crippen LogP contribution in [0.4, 0.5) is 4.39 Å². The smallest absolute Gasteiger partial charge is 0.129 e. The van der Waals surface area contributed by atoms with Crippen LogP contribution in [0.1, 0.15) is 37.3 Å². The van der Waals surface area contributed by atoms with E-state index in [0.29, 0.717) is 10.7 Å². The second-order valence-corrected chi connectivity index (χ2v) is 4.75. The summed E-state index contributed by atoms with van der Waals surface area (Å²) in [5.41, 5.74) is 0.610. The Kier molecular flexibility index (Phi) is 3.68. The van der Waals surface area contributed by atoms with Crippen molar-refractivity contribution in [2.75, 3.05) is 0 Å². The summed E-state index contributed by atoms with van der Waals surface area (Å²) in [5, 5.41) is 14.7. The van der Waals surface area contributed by atoms with E-state index in [0.717, 1.165) is 0 Å². The van der Waals surface area contributed by atoms with E-state index in [4.69, 9.17) is 11.6 Å². The van der Waals surface area contributed by atoms with Gasteiger partial charge in [0.05, 0.1) is 16.9 Å². The second-order valence-electron chi connectivity index (χ2n) is 4.34. The predicted molar refractivity (Wildman–Crippen MR) is 68.1 cm³/mol. The lowest BCUT2D eigenvalue weighted by Crippen LogP contribution is -2.13. The van der Waals surface area contributed by atoms with Crippen molar-refractivity contribution >= 4 is 11.6 Å². The van der Waals surface area contributed by atoms with Crippen molar-refractivity contribution in [1.82, 2.24) is 9.78 Å². The summed E-state index contributed by atoms with van der Waals surface area (Å²) in [5.74, 6) is -0.461. The monoisotopic (exact) mass is 268 g/mol. The highest BCUT2D eigenvalue weighted by Gasteiger charge is 2.23. The zero-order chi connectivity index (χ0) is 13.3. The largest absolute Gasteiger partial charge is 0.382 e. The number of benzene rings is 1. The van der Waals surface area contributed by atoms with Crippen LogP contribution in [0.2, 0.25) is 5.02 Å². The SMILES string of the molecule is CC(C)n1ncc(Cl)c1C(O)c1ccccc1F. The van der Waals surface area contributed by atoms with Gasteiger partial charge in [0.1, 0.15) is 11.9 Å². The zero-order valence-corrected chi connectivity index (χ0v) is 10.9. The second kappa shape index (κ2) is 5.08. The first-order chi connectivity index (χ1) is 8.52. The third-order valence-corrected chi connectivity index (χ3v) is 3.03. The van der Waals surface area contributed by atoms with Gasteiger partial charge in [-0.05, 0) is 19.9 Å². The van der Waals surface area contributed by atoms with Crippen molar-refractivity contribution in [3.8, 4) is 0 Å². The highest BCUT2D eigenvalue weighted by atomic mass is 35.5. The molecule has 3 nitrogen and oxygen atoms in total. The Balaban J connectivity index is 2.49. The maximum Gasteiger partial charge on any atom is 0.129 e. The summed E-state index contributed by atoms with van der Waals surface area (Å²) in [6.07, 6.45) is 0.338. The van der Waals surface area contributed by atoms with Gasteiger partial charge >= 0.3 is 0 Å². The first-order valence-electron chi connectivity index (χ1n) is 5.67. The van der Waals surface area contributed by atoms with Gasteiger partial charge in [-0.15, -0.1) is 0 Å².